The molecule has 0 spiro atoms. The van der Waals surface area contributed by atoms with Gasteiger partial charge in [-0.15, -0.1) is 0 Å². The predicted octanol–water partition coefficient (Wildman–Crippen LogP) is 3.63. The van der Waals surface area contributed by atoms with Crippen molar-refractivity contribution in [2.45, 2.75) is 27.2 Å². The zero-order chi connectivity index (χ0) is 15.6. The lowest BCUT2D eigenvalue weighted by Gasteiger charge is -2.13. The van der Waals surface area contributed by atoms with E-state index >= 15 is 0 Å². The highest BCUT2D eigenvalue weighted by molar-refractivity contribution is 5.90. The van der Waals surface area contributed by atoms with Crippen LogP contribution in [0, 0.1) is 13.8 Å². The number of pyridine rings is 1. The maximum Gasteiger partial charge on any atom is 0.337 e. The van der Waals surface area contributed by atoms with E-state index < -0.39 is 5.97 Å². The van der Waals surface area contributed by atoms with Crippen molar-refractivity contribution in [3.63, 3.8) is 0 Å². The molecule has 0 unspecified atom stereocenters. The predicted molar refractivity (Wildman–Crippen MR) is 82.0 cm³/mol. The van der Waals surface area contributed by atoms with Crippen molar-refractivity contribution in [3.05, 3.63) is 46.6 Å². The number of aromatic carboxylic acids is 1. The fourth-order valence-electron chi connectivity index (χ4n) is 2.39. The van der Waals surface area contributed by atoms with Gasteiger partial charge in [-0.1, -0.05) is 6.92 Å². The zero-order valence-electron chi connectivity index (χ0n) is 12.7. The number of methoxy groups -OCH3 is 1. The Bertz CT molecular complexity index is 693. The van der Waals surface area contributed by atoms with Crippen LogP contribution >= 0.6 is 0 Å². The number of rotatable bonds is 4. The SMILES string of the molecule is CCc1cc(C(=O)O)c(C)nc1-c1ccc(OC)cc1C. The lowest BCUT2D eigenvalue weighted by molar-refractivity contribution is 0.0695. The van der Waals surface area contributed by atoms with Crippen molar-refractivity contribution < 1.29 is 14.6 Å². The highest BCUT2D eigenvalue weighted by Crippen LogP contribution is 2.29. The van der Waals surface area contributed by atoms with Gasteiger partial charge in [0.2, 0.25) is 0 Å². The summed E-state index contributed by atoms with van der Waals surface area (Å²) in [7, 11) is 1.63. The number of nitrogens with zero attached hydrogens (tertiary/aromatic N) is 1. The first-order chi connectivity index (χ1) is 9.97. The van der Waals surface area contributed by atoms with Crippen LogP contribution in [0.5, 0.6) is 5.75 Å². The average Bonchev–Trinajstić information content (AvgIpc) is 2.46. The van der Waals surface area contributed by atoms with Gasteiger partial charge in [0.05, 0.1) is 24.1 Å². The van der Waals surface area contributed by atoms with Gasteiger partial charge >= 0.3 is 5.97 Å². The number of ether oxygens (including phenoxy) is 1. The molecule has 2 aromatic rings. The van der Waals surface area contributed by atoms with Crippen molar-refractivity contribution in [1.82, 2.24) is 4.98 Å². The van der Waals surface area contributed by atoms with E-state index in [1.165, 1.54) is 0 Å². The van der Waals surface area contributed by atoms with Gasteiger partial charge < -0.3 is 9.84 Å². The van der Waals surface area contributed by atoms with Gasteiger partial charge in [-0.3, -0.25) is 4.98 Å². The number of carboxylic acid groups (broad SMARTS) is 1. The van der Waals surface area contributed by atoms with Crippen LogP contribution < -0.4 is 4.74 Å². The van der Waals surface area contributed by atoms with Crippen LogP contribution in [0.15, 0.2) is 24.3 Å². The summed E-state index contributed by atoms with van der Waals surface area (Å²) in [4.78, 5) is 15.8. The minimum atomic E-state index is -0.937. The molecule has 0 fully saturated rings. The summed E-state index contributed by atoms with van der Waals surface area (Å²) >= 11 is 0. The molecule has 110 valence electrons. The number of aromatic nitrogens is 1. The van der Waals surface area contributed by atoms with Crippen LogP contribution in [0.25, 0.3) is 11.3 Å². The number of hydrogen-bond acceptors (Lipinski definition) is 3. The number of benzene rings is 1. The fraction of sp³-hybridized carbons (Fsp3) is 0.294. The molecular weight excluding hydrogens is 266 g/mol. The van der Waals surface area contributed by atoms with E-state index in [4.69, 9.17) is 4.74 Å². The molecule has 1 heterocycles. The number of carbonyl (C=O) groups is 1. The first-order valence-electron chi connectivity index (χ1n) is 6.86. The van der Waals surface area contributed by atoms with E-state index in [0.717, 1.165) is 34.6 Å². The third-order valence-electron chi connectivity index (χ3n) is 3.59. The normalized spacial score (nSPS) is 10.5. The van der Waals surface area contributed by atoms with Crippen LogP contribution in [0.1, 0.15) is 34.1 Å². The second-order valence-electron chi connectivity index (χ2n) is 4.97. The molecule has 0 atom stereocenters. The van der Waals surface area contributed by atoms with Gasteiger partial charge in [-0.25, -0.2) is 4.79 Å². The Kier molecular flexibility index (Phi) is 4.26. The van der Waals surface area contributed by atoms with E-state index in [1.807, 2.05) is 32.0 Å². The molecule has 1 N–H and O–H groups in total. The molecule has 0 radical (unpaired) electrons. The van der Waals surface area contributed by atoms with Crippen molar-refractivity contribution in [2.24, 2.45) is 0 Å². The maximum absolute atomic E-state index is 11.2. The molecule has 0 amide bonds. The van der Waals surface area contributed by atoms with Gasteiger partial charge in [0.25, 0.3) is 0 Å². The molecule has 21 heavy (non-hydrogen) atoms. The average molecular weight is 285 g/mol. The Morgan fingerprint density at radius 1 is 1.29 bits per heavy atom. The quantitative estimate of drug-likeness (QED) is 0.931. The van der Waals surface area contributed by atoms with Crippen molar-refractivity contribution in [1.29, 1.82) is 0 Å². The molecule has 0 saturated heterocycles. The highest BCUT2D eigenvalue weighted by atomic mass is 16.5. The largest absolute Gasteiger partial charge is 0.497 e. The second-order valence-corrected chi connectivity index (χ2v) is 4.97. The molecule has 0 aliphatic rings. The Labute approximate surface area is 124 Å². The summed E-state index contributed by atoms with van der Waals surface area (Å²) in [6, 6.07) is 7.54. The fourth-order valence-corrected chi connectivity index (χ4v) is 2.39. The Morgan fingerprint density at radius 2 is 2.00 bits per heavy atom. The van der Waals surface area contributed by atoms with Gasteiger partial charge in [0.1, 0.15) is 5.75 Å². The number of carboxylic acids is 1. The van der Waals surface area contributed by atoms with E-state index in [2.05, 4.69) is 4.98 Å². The lowest BCUT2D eigenvalue weighted by Crippen LogP contribution is -2.06. The third kappa shape index (κ3) is 2.89. The van der Waals surface area contributed by atoms with Crippen LogP contribution in [0.4, 0.5) is 0 Å². The lowest BCUT2D eigenvalue weighted by atomic mass is 9.97. The van der Waals surface area contributed by atoms with Crippen LogP contribution in [-0.4, -0.2) is 23.2 Å². The van der Waals surface area contributed by atoms with Gasteiger partial charge in [-0.2, -0.15) is 0 Å². The number of aryl methyl sites for hydroxylation is 3. The molecule has 4 nitrogen and oxygen atoms in total. The van der Waals surface area contributed by atoms with Gasteiger partial charge in [0.15, 0.2) is 0 Å². The molecule has 0 aliphatic carbocycles. The molecule has 1 aromatic carbocycles. The minimum Gasteiger partial charge on any atom is -0.497 e. The summed E-state index contributed by atoms with van der Waals surface area (Å²) in [6.07, 6.45) is 0.731. The summed E-state index contributed by atoms with van der Waals surface area (Å²) in [6.45, 7) is 5.73. The van der Waals surface area contributed by atoms with E-state index in [0.29, 0.717) is 5.69 Å². The summed E-state index contributed by atoms with van der Waals surface area (Å²) in [5.74, 6) is -0.138. The highest BCUT2D eigenvalue weighted by Gasteiger charge is 2.15. The minimum absolute atomic E-state index is 0.266. The molecular formula is C17H19NO3. The summed E-state index contributed by atoms with van der Waals surface area (Å²) in [5.41, 5.74) is 4.64. The second kappa shape index (κ2) is 5.95. The van der Waals surface area contributed by atoms with Crippen LogP contribution in [0.2, 0.25) is 0 Å². The smallest absolute Gasteiger partial charge is 0.337 e. The molecule has 4 heteroatoms. The molecule has 0 bridgehead atoms. The molecule has 0 saturated carbocycles. The molecule has 0 aliphatic heterocycles. The third-order valence-corrected chi connectivity index (χ3v) is 3.59. The summed E-state index contributed by atoms with van der Waals surface area (Å²) in [5, 5.41) is 9.21. The maximum atomic E-state index is 11.2. The number of hydrogen-bond donors (Lipinski definition) is 1. The molecule has 1 aromatic heterocycles. The first-order valence-corrected chi connectivity index (χ1v) is 6.86. The Morgan fingerprint density at radius 3 is 2.52 bits per heavy atom. The summed E-state index contributed by atoms with van der Waals surface area (Å²) < 4.78 is 5.22. The van der Waals surface area contributed by atoms with Gasteiger partial charge in [-0.05, 0) is 55.7 Å². The molecule has 2 rings (SSSR count). The zero-order valence-corrected chi connectivity index (χ0v) is 12.7. The first kappa shape index (κ1) is 15.0. The van der Waals surface area contributed by atoms with Crippen molar-refractivity contribution in [3.8, 4) is 17.0 Å². The van der Waals surface area contributed by atoms with E-state index in [1.54, 1.807) is 20.1 Å². The van der Waals surface area contributed by atoms with Crippen molar-refractivity contribution in [2.75, 3.05) is 7.11 Å². The van der Waals surface area contributed by atoms with Crippen LogP contribution in [0.3, 0.4) is 0 Å². The van der Waals surface area contributed by atoms with E-state index in [-0.39, 0.29) is 5.56 Å². The topological polar surface area (TPSA) is 59.4 Å². The Balaban J connectivity index is 2.63. The van der Waals surface area contributed by atoms with E-state index in [9.17, 15) is 9.90 Å². The van der Waals surface area contributed by atoms with Gasteiger partial charge in [0, 0.05) is 5.56 Å². The standard InChI is InChI=1S/C17H19NO3/c1-5-12-9-15(17(19)20)11(3)18-16(12)14-7-6-13(21-4)8-10(14)2/h6-9H,5H2,1-4H3,(H,19,20). The van der Waals surface area contributed by atoms with Crippen molar-refractivity contribution >= 4 is 5.97 Å². The van der Waals surface area contributed by atoms with Crippen LogP contribution in [-0.2, 0) is 6.42 Å². The monoisotopic (exact) mass is 285 g/mol. The Hall–Kier alpha value is -2.36.